The largest absolute Gasteiger partial charge is 0.456 e. The van der Waals surface area contributed by atoms with Crippen molar-refractivity contribution >= 4 is 96.7 Å². The van der Waals surface area contributed by atoms with Crippen molar-refractivity contribution in [3.8, 4) is 33.4 Å². The Morgan fingerprint density at radius 2 is 0.884 bits per heavy atom. The zero-order chi connectivity index (χ0) is 29.2. The van der Waals surface area contributed by atoms with Crippen LogP contribution in [0, 0.1) is 0 Å². The van der Waals surface area contributed by atoms with Crippen molar-refractivity contribution in [1.82, 2.24) is 0 Å². The number of benzene rings is 7. The minimum Gasteiger partial charge on any atom is -0.456 e. The van der Waals surface area contributed by atoms with E-state index in [0.29, 0.717) is 21.9 Å². The summed E-state index contributed by atoms with van der Waals surface area (Å²) in [6.07, 6.45) is 0. The van der Waals surface area contributed by atoms with Gasteiger partial charge in [0.2, 0.25) is 0 Å². The van der Waals surface area contributed by atoms with Crippen LogP contribution in [-0.2, 0) is 0 Å². The van der Waals surface area contributed by atoms with Crippen LogP contribution in [0.2, 0.25) is 0 Å². The van der Waals surface area contributed by atoms with Crippen LogP contribution in [0.3, 0.4) is 0 Å². The average molecular weight is 536 g/mol. The van der Waals surface area contributed by atoms with Gasteiger partial charge in [-0.1, -0.05) is 103 Å². The standard InChI is InChI=1S/C38H20B4O/c39-31-20-30(36(40)38(42)37(31)41)35-26-12-6-4-10-24(26)34(25-11-5-7-13-27(25)35)23-15-17-33-29(19-23)28-18-22(14-16-32(28)43-33)21-8-2-1-3-9-21/h1-20H. The summed E-state index contributed by atoms with van der Waals surface area (Å²) in [5.74, 6) is 0. The van der Waals surface area contributed by atoms with Crippen molar-refractivity contribution in [2.24, 2.45) is 0 Å². The second-order valence-electron chi connectivity index (χ2n) is 11.0. The highest BCUT2D eigenvalue weighted by atomic mass is 16.3. The van der Waals surface area contributed by atoms with E-state index in [1.807, 2.05) is 24.3 Å². The molecule has 0 fully saturated rings. The van der Waals surface area contributed by atoms with E-state index < -0.39 is 0 Å². The van der Waals surface area contributed by atoms with Crippen molar-refractivity contribution in [3.05, 3.63) is 121 Å². The number of furan rings is 1. The van der Waals surface area contributed by atoms with E-state index in [1.165, 1.54) is 5.56 Å². The molecular formula is C38H20B4O. The third kappa shape index (κ3) is 3.99. The van der Waals surface area contributed by atoms with Crippen LogP contribution in [0.25, 0.3) is 76.9 Å². The van der Waals surface area contributed by atoms with Gasteiger partial charge in [0.1, 0.15) is 42.6 Å². The summed E-state index contributed by atoms with van der Waals surface area (Å²) >= 11 is 0. The highest BCUT2D eigenvalue weighted by molar-refractivity contribution is 6.63. The molecule has 0 unspecified atom stereocenters. The summed E-state index contributed by atoms with van der Waals surface area (Å²) in [5, 5.41) is 6.46. The molecule has 0 bridgehead atoms. The normalized spacial score (nSPS) is 11.6. The summed E-state index contributed by atoms with van der Waals surface area (Å²) in [4.78, 5) is 0. The van der Waals surface area contributed by atoms with Gasteiger partial charge >= 0.3 is 0 Å². The van der Waals surface area contributed by atoms with E-state index >= 15 is 0 Å². The maximum atomic E-state index is 6.60. The molecule has 0 N–H and O–H groups in total. The highest BCUT2D eigenvalue weighted by Crippen LogP contribution is 2.44. The van der Waals surface area contributed by atoms with E-state index in [-0.39, 0.29) is 0 Å². The molecule has 0 saturated heterocycles. The van der Waals surface area contributed by atoms with Crippen LogP contribution in [0.5, 0.6) is 0 Å². The molecule has 0 aliphatic heterocycles. The zero-order valence-electron chi connectivity index (χ0n) is 23.3. The second-order valence-corrected chi connectivity index (χ2v) is 11.0. The smallest absolute Gasteiger partial charge is 0.135 e. The van der Waals surface area contributed by atoms with E-state index in [0.717, 1.165) is 71.3 Å². The summed E-state index contributed by atoms with van der Waals surface area (Å²) < 4.78 is 6.28. The van der Waals surface area contributed by atoms with Crippen molar-refractivity contribution < 1.29 is 4.42 Å². The maximum absolute atomic E-state index is 6.60. The molecule has 8 aromatic rings. The molecule has 190 valence electrons. The molecule has 0 amide bonds. The molecule has 1 aromatic heterocycles. The molecule has 0 atom stereocenters. The van der Waals surface area contributed by atoms with Gasteiger partial charge < -0.3 is 4.42 Å². The SMILES string of the molecule is [B]c1cc(-c2c3ccccc3c(-c3ccc4oc5ccc(-c6ccccc6)cc5c4c3)c3ccccc23)c([B])c([B])c1[B]. The highest BCUT2D eigenvalue weighted by Gasteiger charge is 2.19. The Morgan fingerprint density at radius 3 is 1.49 bits per heavy atom. The average Bonchev–Trinajstić information content (AvgIpc) is 3.42. The van der Waals surface area contributed by atoms with E-state index in [4.69, 9.17) is 35.8 Å². The minimum absolute atomic E-state index is 0.305. The Kier molecular flexibility index (Phi) is 5.91. The predicted molar refractivity (Wildman–Crippen MR) is 187 cm³/mol. The van der Waals surface area contributed by atoms with Gasteiger partial charge in [-0.15, -0.1) is 16.4 Å². The van der Waals surface area contributed by atoms with Crippen molar-refractivity contribution in [3.63, 3.8) is 0 Å². The lowest BCUT2D eigenvalue weighted by Crippen LogP contribution is -2.47. The van der Waals surface area contributed by atoms with Crippen LogP contribution in [0.4, 0.5) is 0 Å². The zero-order valence-corrected chi connectivity index (χ0v) is 23.3. The van der Waals surface area contributed by atoms with Gasteiger partial charge in [0, 0.05) is 10.8 Å². The Labute approximate surface area is 255 Å². The van der Waals surface area contributed by atoms with Crippen LogP contribution in [0.1, 0.15) is 0 Å². The molecule has 43 heavy (non-hydrogen) atoms. The van der Waals surface area contributed by atoms with Gasteiger partial charge in [-0.05, 0) is 79.2 Å². The van der Waals surface area contributed by atoms with Gasteiger partial charge in [-0.3, -0.25) is 0 Å². The van der Waals surface area contributed by atoms with Gasteiger partial charge in [0.25, 0.3) is 0 Å². The Hall–Kier alpha value is -4.88. The van der Waals surface area contributed by atoms with Gasteiger partial charge in [0.15, 0.2) is 0 Å². The molecule has 8 rings (SSSR count). The first-order valence-electron chi connectivity index (χ1n) is 14.2. The molecule has 1 heterocycles. The maximum Gasteiger partial charge on any atom is 0.135 e. The number of hydrogen-bond acceptors (Lipinski definition) is 1. The monoisotopic (exact) mass is 536 g/mol. The number of fused-ring (bicyclic) bond motifs is 5. The van der Waals surface area contributed by atoms with Crippen LogP contribution in [-0.4, -0.2) is 31.4 Å². The van der Waals surface area contributed by atoms with Crippen molar-refractivity contribution in [1.29, 1.82) is 0 Å². The molecule has 7 aromatic carbocycles. The summed E-state index contributed by atoms with van der Waals surface area (Å²) in [6.45, 7) is 0. The minimum atomic E-state index is 0.305. The van der Waals surface area contributed by atoms with Gasteiger partial charge in [0.05, 0.1) is 0 Å². The van der Waals surface area contributed by atoms with E-state index in [2.05, 4.69) is 97.1 Å². The first kappa shape index (κ1) is 25.8. The number of rotatable bonds is 3. The van der Waals surface area contributed by atoms with Gasteiger partial charge in [-0.25, -0.2) is 0 Å². The molecule has 8 radical (unpaired) electrons. The van der Waals surface area contributed by atoms with E-state index in [9.17, 15) is 0 Å². The lowest BCUT2D eigenvalue weighted by atomic mass is 9.64. The molecule has 0 aliphatic rings. The fourth-order valence-electron chi connectivity index (χ4n) is 6.44. The third-order valence-electron chi connectivity index (χ3n) is 8.55. The number of hydrogen-bond donors (Lipinski definition) is 0. The first-order valence-corrected chi connectivity index (χ1v) is 14.2. The summed E-state index contributed by atoms with van der Waals surface area (Å²) in [5.41, 5.74) is 9.49. The van der Waals surface area contributed by atoms with Crippen LogP contribution in [0.15, 0.2) is 126 Å². The second kappa shape index (κ2) is 9.85. The third-order valence-corrected chi connectivity index (χ3v) is 8.55. The summed E-state index contributed by atoms with van der Waals surface area (Å²) in [6, 6.07) is 41.9. The van der Waals surface area contributed by atoms with Crippen LogP contribution >= 0.6 is 0 Å². The Bertz CT molecular complexity index is 2330. The van der Waals surface area contributed by atoms with Gasteiger partial charge in [-0.2, -0.15) is 0 Å². The summed E-state index contributed by atoms with van der Waals surface area (Å²) in [7, 11) is 25.4. The fourth-order valence-corrected chi connectivity index (χ4v) is 6.44. The molecule has 0 aliphatic carbocycles. The Balaban J connectivity index is 1.43. The molecule has 1 nitrogen and oxygen atoms in total. The molecule has 0 saturated carbocycles. The predicted octanol–water partition coefficient (Wildman–Crippen LogP) is 6.07. The van der Waals surface area contributed by atoms with Crippen molar-refractivity contribution in [2.45, 2.75) is 0 Å². The Morgan fingerprint density at radius 1 is 0.372 bits per heavy atom. The lowest BCUT2D eigenvalue weighted by Gasteiger charge is -2.22. The fraction of sp³-hybridized carbons (Fsp3) is 0. The topological polar surface area (TPSA) is 13.1 Å². The molecular weight excluding hydrogens is 516 g/mol. The lowest BCUT2D eigenvalue weighted by molar-refractivity contribution is 0.669. The quantitative estimate of drug-likeness (QED) is 0.198. The van der Waals surface area contributed by atoms with Crippen molar-refractivity contribution in [2.75, 3.05) is 0 Å². The van der Waals surface area contributed by atoms with Crippen LogP contribution < -0.4 is 21.9 Å². The first-order chi connectivity index (χ1) is 21.0. The molecule has 5 heteroatoms. The van der Waals surface area contributed by atoms with E-state index in [1.54, 1.807) is 0 Å². The molecule has 0 spiro atoms.